The maximum absolute atomic E-state index is 14.2. The van der Waals surface area contributed by atoms with Gasteiger partial charge in [0.15, 0.2) is 11.6 Å². The third-order valence-corrected chi connectivity index (χ3v) is 4.49. The normalized spacial score (nSPS) is 12.4. The zero-order chi connectivity index (χ0) is 19.0. The van der Waals surface area contributed by atoms with Crippen LogP contribution in [0.15, 0.2) is 60.7 Å². The zero-order valence-corrected chi connectivity index (χ0v) is 14.1. The van der Waals surface area contributed by atoms with Gasteiger partial charge in [0.2, 0.25) is 0 Å². The number of halogens is 2. The molecule has 27 heavy (non-hydrogen) atoms. The Hall–Kier alpha value is -3.54. The lowest BCUT2D eigenvalue weighted by molar-refractivity contribution is 0.0966. The number of anilines is 1. The van der Waals surface area contributed by atoms with Crippen molar-refractivity contribution in [3.63, 3.8) is 0 Å². The summed E-state index contributed by atoms with van der Waals surface area (Å²) in [5.41, 5.74) is 2.05. The molecule has 1 aliphatic heterocycles. The Morgan fingerprint density at radius 2 is 1.70 bits per heavy atom. The SMILES string of the molecule is O=C(Nc1ccc(-c2cccc(F)c2F)c2c1C(=O)NC2)c1ccccc1. The number of hydrogen-bond acceptors (Lipinski definition) is 2. The fraction of sp³-hybridized carbons (Fsp3) is 0.0476. The standard InChI is InChI=1S/C21H14F2N2O2/c22-16-8-4-7-14(19(16)23)13-9-10-17(18-15(13)11-24-21(18)27)25-20(26)12-5-2-1-3-6-12/h1-10H,11H2,(H,24,27)(H,25,26). The molecule has 1 heterocycles. The molecule has 0 saturated heterocycles. The molecule has 134 valence electrons. The first-order valence-electron chi connectivity index (χ1n) is 8.31. The van der Waals surface area contributed by atoms with Gasteiger partial charge >= 0.3 is 0 Å². The smallest absolute Gasteiger partial charge is 0.255 e. The minimum atomic E-state index is -0.972. The predicted octanol–water partition coefficient (Wildman–Crippen LogP) is 4.13. The number of amides is 2. The van der Waals surface area contributed by atoms with Crippen LogP contribution < -0.4 is 10.6 Å². The number of carbonyl (C=O) groups excluding carboxylic acids is 2. The molecule has 6 heteroatoms. The summed E-state index contributed by atoms with van der Waals surface area (Å²) in [6.07, 6.45) is 0. The highest BCUT2D eigenvalue weighted by molar-refractivity contribution is 6.11. The summed E-state index contributed by atoms with van der Waals surface area (Å²) < 4.78 is 27.9. The second-order valence-electron chi connectivity index (χ2n) is 6.12. The van der Waals surface area contributed by atoms with E-state index in [1.165, 1.54) is 18.2 Å². The Morgan fingerprint density at radius 1 is 0.926 bits per heavy atom. The monoisotopic (exact) mass is 364 g/mol. The molecule has 4 nitrogen and oxygen atoms in total. The average Bonchev–Trinajstić information content (AvgIpc) is 3.07. The fourth-order valence-corrected chi connectivity index (χ4v) is 3.20. The molecule has 0 atom stereocenters. The van der Waals surface area contributed by atoms with E-state index >= 15 is 0 Å². The molecule has 0 radical (unpaired) electrons. The molecular formula is C21H14F2N2O2. The van der Waals surface area contributed by atoms with Gasteiger partial charge < -0.3 is 10.6 Å². The van der Waals surface area contributed by atoms with Crippen LogP contribution in [-0.2, 0) is 6.54 Å². The lowest BCUT2D eigenvalue weighted by Crippen LogP contribution is -2.17. The van der Waals surface area contributed by atoms with Crippen LogP contribution in [0.5, 0.6) is 0 Å². The van der Waals surface area contributed by atoms with Gasteiger partial charge in [-0.15, -0.1) is 0 Å². The van der Waals surface area contributed by atoms with Crippen molar-refractivity contribution >= 4 is 17.5 Å². The largest absolute Gasteiger partial charge is 0.348 e. The van der Waals surface area contributed by atoms with Gasteiger partial charge in [0.1, 0.15) is 0 Å². The van der Waals surface area contributed by atoms with Crippen LogP contribution in [-0.4, -0.2) is 11.8 Å². The first-order valence-corrected chi connectivity index (χ1v) is 8.31. The van der Waals surface area contributed by atoms with E-state index in [1.807, 2.05) is 0 Å². The molecule has 1 aliphatic rings. The van der Waals surface area contributed by atoms with Gasteiger partial charge in [0, 0.05) is 17.7 Å². The molecule has 0 aromatic heterocycles. The summed E-state index contributed by atoms with van der Waals surface area (Å²) in [6, 6.07) is 15.6. The summed E-state index contributed by atoms with van der Waals surface area (Å²) in [4.78, 5) is 24.7. The van der Waals surface area contributed by atoms with Crippen LogP contribution in [0.4, 0.5) is 14.5 Å². The van der Waals surface area contributed by atoms with Gasteiger partial charge in [-0.1, -0.05) is 36.4 Å². The van der Waals surface area contributed by atoms with E-state index in [1.54, 1.807) is 36.4 Å². The highest BCUT2D eigenvalue weighted by atomic mass is 19.2. The van der Waals surface area contributed by atoms with E-state index < -0.39 is 11.6 Å². The number of benzene rings is 3. The average molecular weight is 364 g/mol. The van der Waals surface area contributed by atoms with Crippen LogP contribution >= 0.6 is 0 Å². The van der Waals surface area contributed by atoms with Crippen molar-refractivity contribution in [2.24, 2.45) is 0 Å². The Bertz CT molecular complexity index is 1070. The summed E-state index contributed by atoms with van der Waals surface area (Å²) in [5, 5.41) is 5.40. The van der Waals surface area contributed by atoms with E-state index in [0.717, 1.165) is 6.07 Å². The topological polar surface area (TPSA) is 58.2 Å². The molecule has 0 unspecified atom stereocenters. The lowest BCUT2D eigenvalue weighted by atomic mass is 9.95. The molecule has 0 spiro atoms. The minimum absolute atomic E-state index is 0.0729. The highest BCUT2D eigenvalue weighted by Crippen LogP contribution is 2.35. The van der Waals surface area contributed by atoms with E-state index in [4.69, 9.17) is 0 Å². The van der Waals surface area contributed by atoms with Crippen molar-refractivity contribution < 1.29 is 18.4 Å². The zero-order valence-electron chi connectivity index (χ0n) is 14.1. The fourth-order valence-electron chi connectivity index (χ4n) is 3.20. The van der Waals surface area contributed by atoms with E-state index in [9.17, 15) is 18.4 Å². The minimum Gasteiger partial charge on any atom is -0.348 e. The molecule has 0 saturated carbocycles. The quantitative estimate of drug-likeness (QED) is 0.734. The number of carbonyl (C=O) groups is 2. The van der Waals surface area contributed by atoms with Crippen LogP contribution in [0.3, 0.4) is 0 Å². The van der Waals surface area contributed by atoms with Crippen LogP contribution in [0.25, 0.3) is 11.1 Å². The molecule has 2 amide bonds. The number of nitrogens with one attached hydrogen (secondary N) is 2. The first kappa shape index (κ1) is 16.9. The Balaban J connectivity index is 1.78. The third kappa shape index (κ3) is 2.95. The van der Waals surface area contributed by atoms with Crippen molar-refractivity contribution in [1.82, 2.24) is 5.32 Å². The maximum atomic E-state index is 14.2. The van der Waals surface area contributed by atoms with Crippen molar-refractivity contribution in [3.05, 3.63) is 89.0 Å². The van der Waals surface area contributed by atoms with Gasteiger partial charge in [-0.25, -0.2) is 8.78 Å². The lowest BCUT2D eigenvalue weighted by Gasteiger charge is -2.13. The van der Waals surface area contributed by atoms with Gasteiger partial charge in [-0.05, 0) is 35.4 Å². The van der Waals surface area contributed by atoms with Crippen LogP contribution in [0, 0.1) is 11.6 Å². The maximum Gasteiger partial charge on any atom is 0.255 e. The molecule has 4 rings (SSSR count). The summed E-state index contributed by atoms with van der Waals surface area (Å²) in [5.74, 6) is -2.66. The van der Waals surface area contributed by atoms with E-state index in [2.05, 4.69) is 10.6 Å². The molecule has 3 aromatic rings. The van der Waals surface area contributed by atoms with E-state index in [-0.39, 0.29) is 29.5 Å². The summed E-state index contributed by atoms with van der Waals surface area (Å²) >= 11 is 0. The molecule has 0 bridgehead atoms. The summed E-state index contributed by atoms with van der Waals surface area (Å²) in [6.45, 7) is 0.175. The predicted molar refractivity (Wildman–Crippen MR) is 97.4 cm³/mol. The van der Waals surface area contributed by atoms with Crippen LogP contribution in [0.1, 0.15) is 26.3 Å². The number of rotatable bonds is 3. The van der Waals surface area contributed by atoms with Crippen molar-refractivity contribution in [1.29, 1.82) is 0 Å². The first-order chi connectivity index (χ1) is 13.1. The third-order valence-electron chi connectivity index (χ3n) is 4.49. The molecular weight excluding hydrogens is 350 g/mol. The van der Waals surface area contributed by atoms with Gasteiger partial charge in [0.25, 0.3) is 11.8 Å². The van der Waals surface area contributed by atoms with Crippen molar-refractivity contribution in [2.45, 2.75) is 6.54 Å². The highest BCUT2D eigenvalue weighted by Gasteiger charge is 2.28. The van der Waals surface area contributed by atoms with Crippen LogP contribution in [0.2, 0.25) is 0 Å². The number of fused-ring (bicyclic) bond motifs is 1. The number of hydrogen-bond donors (Lipinski definition) is 2. The van der Waals surface area contributed by atoms with Crippen molar-refractivity contribution in [3.8, 4) is 11.1 Å². The Morgan fingerprint density at radius 3 is 2.48 bits per heavy atom. The second-order valence-corrected chi connectivity index (χ2v) is 6.12. The van der Waals surface area contributed by atoms with Crippen molar-refractivity contribution in [2.75, 3.05) is 5.32 Å². The summed E-state index contributed by atoms with van der Waals surface area (Å²) in [7, 11) is 0. The van der Waals surface area contributed by atoms with Gasteiger partial charge in [-0.3, -0.25) is 9.59 Å². The molecule has 0 fully saturated rings. The van der Waals surface area contributed by atoms with Gasteiger partial charge in [-0.2, -0.15) is 0 Å². The Labute approximate surface area is 153 Å². The Kier molecular flexibility index (Phi) is 4.16. The van der Waals surface area contributed by atoms with E-state index in [0.29, 0.717) is 22.4 Å². The van der Waals surface area contributed by atoms with Gasteiger partial charge in [0.05, 0.1) is 11.3 Å². The molecule has 3 aromatic carbocycles. The molecule has 0 aliphatic carbocycles. The second kappa shape index (κ2) is 6.64. The molecule has 2 N–H and O–H groups in total.